The SMILES string of the molecule is CC(C)C[C@H]1NC(=O)c2ccccc2OCc2cn(nn2)CCOc2ccc(cc2)CCNC(=O)[C@H](CO)N(C)C(=O)[C@H]2CCCN2C1=O. The van der Waals surface area contributed by atoms with Crippen LogP contribution < -0.4 is 20.1 Å². The first-order valence-electron chi connectivity index (χ1n) is 16.7. The molecule has 4 bridgehead atoms. The van der Waals surface area contributed by atoms with Gasteiger partial charge in [0.25, 0.3) is 5.91 Å². The smallest absolute Gasteiger partial charge is 0.255 e. The molecule has 6 rings (SSSR count). The van der Waals surface area contributed by atoms with Crippen molar-refractivity contribution >= 4 is 23.6 Å². The zero-order chi connectivity index (χ0) is 34.9. The number of para-hydroxylation sites is 1. The number of fused-ring (bicyclic) bond motifs is 14. The van der Waals surface area contributed by atoms with E-state index in [0.717, 1.165) is 5.56 Å². The van der Waals surface area contributed by atoms with Crippen LogP contribution in [0.5, 0.6) is 11.5 Å². The van der Waals surface area contributed by atoms with Gasteiger partial charge in [-0.2, -0.15) is 0 Å². The molecule has 4 amide bonds. The zero-order valence-corrected chi connectivity index (χ0v) is 28.2. The summed E-state index contributed by atoms with van der Waals surface area (Å²) in [7, 11) is 1.46. The fourth-order valence-corrected chi connectivity index (χ4v) is 6.09. The second-order valence-electron chi connectivity index (χ2n) is 12.8. The van der Waals surface area contributed by atoms with Crippen LogP contribution in [0.2, 0.25) is 0 Å². The zero-order valence-electron chi connectivity index (χ0n) is 28.2. The highest BCUT2D eigenvalue weighted by atomic mass is 16.5. The third kappa shape index (κ3) is 8.93. The molecular weight excluding hydrogens is 630 g/mol. The third-order valence-corrected chi connectivity index (χ3v) is 8.74. The molecule has 3 aromatic rings. The standard InChI is InChI=1S/C35H45N7O7/c1-23(2)19-28-34(46)42-16-6-8-29(42)35(47)40(3)30(21-43)33(45)36-15-14-24-10-12-26(13-11-24)48-18-17-41-20-25(38-39-41)22-49-31-9-5-4-7-27(31)32(44)37-28/h4-5,7,9-13,20,23,28-30,43H,6,8,14-19,21-22H2,1-3H3,(H,36,45)(H,37,44)/t28-,29-,30+/m1/s1. The molecule has 1 aromatic heterocycles. The Morgan fingerprint density at radius 3 is 2.53 bits per heavy atom. The van der Waals surface area contributed by atoms with Crippen LogP contribution in [0.4, 0.5) is 0 Å². The summed E-state index contributed by atoms with van der Waals surface area (Å²) in [6.07, 6.45) is 3.61. The molecule has 49 heavy (non-hydrogen) atoms. The summed E-state index contributed by atoms with van der Waals surface area (Å²) in [6.45, 7) is 4.82. The maximum absolute atomic E-state index is 14.0. The maximum atomic E-state index is 14.0. The molecule has 3 atom stereocenters. The predicted molar refractivity (Wildman–Crippen MR) is 179 cm³/mol. The first kappa shape index (κ1) is 35.3. The largest absolute Gasteiger partial charge is 0.492 e. The highest BCUT2D eigenvalue weighted by Crippen LogP contribution is 2.24. The Morgan fingerprint density at radius 2 is 1.78 bits per heavy atom. The van der Waals surface area contributed by atoms with Crippen LogP contribution in [0.15, 0.2) is 54.7 Å². The lowest BCUT2D eigenvalue weighted by Crippen LogP contribution is -2.57. The first-order valence-corrected chi connectivity index (χ1v) is 16.7. The molecule has 262 valence electrons. The van der Waals surface area contributed by atoms with Gasteiger partial charge in [0.2, 0.25) is 17.7 Å². The van der Waals surface area contributed by atoms with Crippen molar-refractivity contribution in [2.75, 3.05) is 33.4 Å². The van der Waals surface area contributed by atoms with Gasteiger partial charge in [-0.1, -0.05) is 43.3 Å². The van der Waals surface area contributed by atoms with Gasteiger partial charge >= 0.3 is 0 Å². The third-order valence-electron chi connectivity index (χ3n) is 8.74. The Labute approximate surface area is 285 Å². The molecule has 0 saturated carbocycles. The van der Waals surface area contributed by atoms with Gasteiger partial charge in [-0.05, 0) is 61.4 Å². The van der Waals surface area contributed by atoms with E-state index in [1.54, 1.807) is 35.1 Å². The van der Waals surface area contributed by atoms with Crippen molar-refractivity contribution in [2.45, 2.75) is 70.8 Å². The van der Waals surface area contributed by atoms with Gasteiger partial charge in [0.1, 0.15) is 48.5 Å². The molecule has 0 aliphatic carbocycles. The minimum absolute atomic E-state index is 0.0538. The number of carbonyl (C=O) groups is 4. The summed E-state index contributed by atoms with van der Waals surface area (Å²) in [5, 5.41) is 24.2. The minimum Gasteiger partial charge on any atom is -0.492 e. The maximum Gasteiger partial charge on any atom is 0.255 e. The Morgan fingerprint density at radius 1 is 1.00 bits per heavy atom. The lowest BCUT2D eigenvalue weighted by atomic mass is 10.0. The van der Waals surface area contributed by atoms with Gasteiger partial charge in [0.15, 0.2) is 0 Å². The van der Waals surface area contributed by atoms with E-state index in [0.29, 0.717) is 69.1 Å². The van der Waals surface area contributed by atoms with Crippen molar-refractivity contribution in [3.8, 4) is 11.5 Å². The number of rotatable bonds is 3. The summed E-state index contributed by atoms with van der Waals surface area (Å²) in [4.78, 5) is 57.3. The van der Waals surface area contributed by atoms with E-state index < -0.39 is 42.5 Å². The second-order valence-corrected chi connectivity index (χ2v) is 12.8. The Kier molecular flexibility index (Phi) is 11.8. The summed E-state index contributed by atoms with van der Waals surface area (Å²) >= 11 is 0. The normalized spacial score (nSPS) is 21.7. The van der Waals surface area contributed by atoms with Crippen LogP contribution >= 0.6 is 0 Å². The summed E-state index contributed by atoms with van der Waals surface area (Å²) < 4.78 is 13.5. The Hall–Kier alpha value is -4.98. The monoisotopic (exact) mass is 675 g/mol. The van der Waals surface area contributed by atoms with Gasteiger partial charge in [0, 0.05) is 20.1 Å². The van der Waals surface area contributed by atoms with E-state index in [2.05, 4.69) is 20.9 Å². The average molecular weight is 676 g/mol. The van der Waals surface area contributed by atoms with Crippen LogP contribution in [-0.2, 0) is 34.0 Å². The van der Waals surface area contributed by atoms with Gasteiger partial charge < -0.3 is 35.0 Å². The van der Waals surface area contributed by atoms with E-state index in [9.17, 15) is 24.3 Å². The quantitative estimate of drug-likeness (QED) is 0.373. The lowest BCUT2D eigenvalue weighted by molar-refractivity contribution is -0.148. The van der Waals surface area contributed by atoms with E-state index in [4.69, 9.17) is 9.47 Å². The fourth-order valence-electron chi connectivity index (χ4n) is 6.09. The van der Waals surface area contributed by atoms with Gasteiger partial charge in [-0.3, -0.25) is 19.2 Å². The number of hydrogen-bond acceptors (Lipinski definition) is 9. The number of benzene rings is 2. The molecule has 1 saturated heterocycles. The molecule has 0 unspecified atom stereocenters. The van der Waals surface area contributed by atoms with Crippen molar-refractivity contribution in [1.29, 1.82) is 0 Å². The molecular formula is C35H45N7O7. The van der Waals surface area contributed by atoms with Crippen molar-refractivity contribution in [1.82, 2.24) is 35.4 Å². The van der Waals surface area contributed by atoms with Crippen molar-refractivity contribution in [3.05, 3.63) is 71.5 Å². The van der Waals surface area contributed by atoms with E-state index >= 15 is 0 Å². The first-order chi connectivity index (χ1) is 23.6. The molecule has 3 N–H and O–H groups in total. The number of ether oxygens (including phenoxy) is 2. The summed E-state index contributed by atoms with van der Waals surface area (Å²) in [5.41, 5.74) is 1.79. The number of amides is 4. The van der Waals surface area contributed by atoms with E-state index in [1.165, 1.54) is 16.8 Å². The van der Waals surface area contributed by atoms with Crippen LogP contribution in [0.3, 0.4) is 0 Å². The van der Waals surface area contributed by atoms with Gasteiger partial charge in [0.05, 0.1) is 24.9 Å². The average Bonchev–Trinajstić information content (AvgIpc) is 3.77. The highest BCUT2D eigenvalue weighted by molar-refractivity contribution is 6.00. The molecule has 1 fully saturated rings. The van der Waals surface area contributed by atoms with Crippen molar-refractivity contribution in [3.63, 3.8) is 0 Å². The number of nitrogens with one attached hydrogen (secondary N) is 2. The van der Waals surface area contributed by atoms with Gasteiger partial charge in [-0.25, -0.2) is 4.68 Å². The lowest BCUT2D eigenvalue weighted by Gasteiger charge is -2.33. The molecule has 2 aromatic carbocycles. The molecule has 3 aliphatic heterocycles. The second kappa shape index (κ2) is 16.4. The van der Waals surface area contributed by atoms with Crippen molar-refractivity contribution in [2.24, 2.45) is 5.92 Å². The molecule has 0 spiro atoms. The van der Waals surface area contributed by atoms with E-state index in [-0.39, 0.29) is 24.0 Å². The summed E-state index contributed by atoms with van der Waals surface area (Å²) in [5.74, 6) is -0.751. The molecule has 14 heteroatoms. The van der Waals surface area contributed by atoms with E-state index in [1.807, 2.05) is 38.1 Å². The van der Waals surface area contributed by atoms with Crippen LogP contribution in [0, 0.1) is 5.92 Å². The van der Waals surface area contributed by atoms with Gasteiger partial charge in [-0.15, -0.1) is 5.10 Å². The number of hydrogen-bond donors (Lipinski definition) is 3. The number of aliphatic hydroxyl groups excluding tert-OH is 1. The molecule has 14 nitrogen and oxygen atoms in total. The van der Waals surface area contributed by atoms with Crippen molar-refractivity contribution < 1.29 is 33.8 Å². The summed E-state index contributed by atoms with van der Waals surface area (Å²) in [6, 6.07) is 11.4. The highest BCUT2D eigenvalue weighted by Gasteiger charge is 2.41. The Balaban J connectivity index is 1.40. The topological polar surface area (TPSA) is 168 Å². The fraction of sp³-hybridized carbons (Fsp3) is 0.486. The number of likely N-dealkylation sites (N-methyl/N-ethyl adjacent to an activating group) is 1. The number of nitrogens with zero attached hydrogens (tertiary/aromatic N) is 5. The van der Waals surface area contributed by atoms with Crippen LogP contribution in [0.1, 0.15) is 54.7 Å². The Bertz CT molecular complexity index is 1610. The minimum atomic E-state index is -1.13. The van der Waals surface area contributed by atoms with Crippen LogP contribution in [-0.4, -0.2) is 105 Å². The molecule has 4 heterocycles. The number of carbonyl (C=O) groups excluding carboxylic acids is 4. The molecule has 0 radical (unpaired) electrons. The predicted octanol–water partition coefficient (Wildman–Crippen LogP) is 1.56. The van der Waals surface area contributed by atoms with Crippen LogP contribution in [0.25, 0.3) is 0 Å². The number of aromatic nitrogens is 3. The molecule has 3 aliphatic rings. The number of aliphatic hydroxyl groups is 1.